The zero-order chi connectivity index (χ0) is 9.14. The molecule has 1 rings (SSSR count). The van der Waals surface area contributed by atoms with Crippen LogP contribution in [0.15, 0.2) is 12.1 Å². The van der Waals surface area contributed by atoms with Crippen LogP contribution < -0.4 is 11.5 Å². The van der Waals surface area contributed by atoms with Crippen LogP contribution in [-0.2, 0) is 6.42 Å². The highest BCUT2D eigenvalue weighted by Crippen LogP contribution is 2.23. The van der Waals surface area contributed by atoms with Crippen molar-refractivity contribution in [2.75, 3.05) is 11.5 Å². The van der Waals surface area contributed by atoms with Crippen LogP contribution in [0.4, 0.5) is 11.4 Å². The van der Waals surface area contributed by atoms with E-state index in [-0.39, 0.29) is 0 Å². The highest BCUT2D eigenvalue weighted by Gasteiger charge is 2.04. The minimum Gasteiger partial charge on any atom is -0.397 e. The first-order chi connectivity index (χ1) is 5.66. The van der Waals surface area contributed by atoms with Crippen LogP contribution in [0, 0.1) is 18.3 Å². The molecule has 3 nitrogen and oxygen atoms in total. The Morgan fingerprint density at radius 2 is 2.08 bits per heavy atom. The van der Waals surface area contributed by atoms with Gasteiger partial charge in [-0.2, -0.15) is 5.26 Å². The van der Waals surface area contributed by atoms with Crippen molar-refractivity contribution < 1.29 is 0 Å². The molecule has 0 bridgehead atoms. The molecule has 1 aromatic carbocycles. The van der Waals surface area contributed by atoms with E-state index in [2.05, 4.69) is 6.07 Å². The number of benzene rings is 1. The molecule has 0 aliphatic rings. The van der Waals surface area contributed by atoms with Crippen LogP contribution in [0.2, 0.25) is 0 Å². The van der Waals surface area contributed by atoms with Gasteiger partial charge in [-0.3, -0.25) is 0 Å². The lowest BCUT2D eigenvalue weighted by molar-refractivity contribution is 1.22. The number of anilines is 2. The van der Waals surface area contributed by atoms with Crippen molar-refractivity contribution in [2.24, 2.45) is 0 Å². The van der Waals surface area contributed by atoms with E-state index in [4.69, 9.17) is 16.7 Å². The molecule has 12 heavy (non-hydrogen) atoms. The maximum absolute atomic E-state index is 8.51. The van der Waals surface area contributed by atoms with E-state index in [1.165, 1.54) is 0 Å². The monoisotopic (exact) mass is 161 g/mol. The fraction of sp³-hybridized carbons (Fsp3) is 0.222. The van der Waals surface area contributed by atoms with Gasteiger partial charge in [0.2, 0.25) is 0 Å². The molecule has 0 saturated carbocycles. The van der Waals surface area contributed by atoms with E-state index in [1.54, 1.807) is 6.07 Å². The number of nitriles is 1. The van der Waals surface area contributed by atoms with Gasteiger partial charge in [-0.05, 0) is 24.1 Å². The molecule has 0 fully saturated rings. The number of aryl methyl sites for hydroxylation is 1. The molecule has 0 amide bonds. The molecule has 0 unspecified atom stereocenters. The predicted octanol–water partition coefficient (Wildman–Crippen LogP) is 1.23. The van der Waals surface area contributed by atoms with E-state index < -0.39 is 0 Å². The Morgan fingerprint density at radius 1 is 1.42 bits per heavy atom. The molecule has 0 heterocycles. The first-order valence-electron chi connectivity index (χ1n) is 3.67. The minimum atomic E-state index is 0.322. The van der Waals surface area contributed by atoms with Gasteiger partial charge in [0.25, 0.3) is 0 Å². The van der Waals surface area contributed by atoms with Gasteiger partial charge in [-0.1, -0.05) is 6.07 Å². The van der Waals surface area contributed by atoms with Crippen molar-refractivity contribution >= 4 is 11.4 Å². The Hall–Kier alpha value is -1.69. The zero-order valence-corrected chi connectivity index (χ0v) is 6.96. The maximum Gasteiger partial charge on any atom is 0.0670 e. The number of hydrogen-bond donors (Lipinski definition) is 2. The van der Waals surface area contributed by atoms with Gasteiger partial charge in [-0.15, -0.1) is 0 Å². The summed E-state index contributed by atoms with van der Waals surface area (Å²) in [4.78, 5) is 0. The van der Waals surface area contributed by atoms with Crippen LogP contribution in [-0.4, -0.2) is 0 Å². The molecular formula is C9H11N3. The molecule has 0 atom stereocenters. The molecule has 0 saturated heterocycles. The van der Waals surface area contributed by atoms with Gasteiger partial charge in [0.1, 0.15) is 0 Å². The fourth-order valence-electron chi connectivity index (χ4n) is 1.11. The van der Waals surface area contributed by atoms with E-state index >= 15 is 0 Å². The fourth-order valence-corrected chi connectivity index (χ4v) is 1.11. The molecule has 0 aromatic heterocycles. The predicted molar refractivity (Wildman–Crippen MR) is 49.3 cm³/mol. The average molecular weight is 161 g/mol. The van der Waals surface area contributed by atoms with Crippen LogP contribution in [0.5, 0.6) is 0 Å². The summed E-state index contributed by atoms with van der Waals surface area (Å²) in [6.45, 7) is 1.92. The SMILES string of the molecule is Cc1ccc(N)c(N)c1CC#N. The van der Waals surface area contributed by atoms with Crippen molar-refractivity contribution in [2.45, 2.75) is 13.3 Å². The Labute approximate surface area is 71.6 Å². The van der Waals surface area contributed by atoms with Gasteiger partial charge in [0, 0.05) is 0 Å². The molecule has 3 heteroatoms. The second-order valence-electron chi connectivity index (χ2n) is 2.70. The smallest absolute Gasteiger partial charge is 0.0670 e. The second kappa shape index (κ2) is 3.14. The van der Waals surface area contributed by atoms with Crippen molar-refractivity contribution in [3.63, 3.8) is 0 Å². The normalized spacial score (nSPS) is 9.33. The molecule has 1 aromatic rings. The standard InChI is InChI=1S/C9H11N3/c1-6-2-3-8(11)9(12)7(6)4-5-10/h2-3H,4,11-12H2,1H3. The first-order valence-corrected chi connectivity index (χ1v) is 3.67. The molecule has 0 spiro atoms. The zero-order valence-electron chi connectivity index (χ0n) is 6.96. The van der Waals surface area contributed by atoms with Gasteiger partial charge >= 0.3 is 0 Å². The molecule has 0 aliphatic heterocycles. The second-order valence-corrected chi connectivity index (χ2v) is 2.70. The lowest BCUT2D eigenvalue weighted by Gasteiger charge is -2.07. The Bertz CT molecular complexity index is 336. The van der Waals surface area contributed by atoms with Crippen molar-refractivity contribution in [3.8, 4) is 6.07 Å². The van der Waals surface area contributed by atoms with Crippen molar-refractivity contribution in [3.05, 3.63) is 23.3 Å². The Kier molecular flexibility index (Phi) is 2.20. The van der Waals surface area contributed by atoms with E-state index in [0.717, 1.165) is 11.1 Å². The van der Waals surface area contributed by atoms with E-state index in [0.29, 0.717) is 17.8 Å². The van der Waals surface area contributed by atoms with Crippen LogP contribution >= 0.6 is 0 Å². The number of nitrogen functional groups attached to an aromatic ring is 2. The summed E-state index contributed by atoms with van der Waals surface area (Å²) in [5.41, 5.74) is 14.2. The van der Waals surface area contributed by atoms with Gasteiger partial charge in [0.15, 0.2) is 0 Å². The number of rotatable bonds is 1. The quantitative estimate of drug-likeness (QED) is 0.608. The van der Waals surface area contributed by atoms with E-state index in [9.17, 15) is 0 Å². The third-order valence-corrected chi connectivity index (χ3v) is 1.88. The topological polar surface area (TPSA) is 75.8 Å². The summed E-state index contributed by atoms with van der Waals surface area (Å²) in [7, 11) is 0. The largest absolute Gasteiger partial charge is 0.397 e. The molecule has 0 radical (unpaired) electrons. The van der Waals surface area contributed by atoms with Crippen LogP contribution in [0.1, 0.15) is 11.1 Å². The summed E-state index contributed by atoms with van der Waals surface area (Å²) < 4.78 is 0. The summed E-state index contributed by atoms with van der Waals surface area (Å²) in [5, 5.41) is 8.51. The van der Waals surface area contributed by atoms with Crippen molar-refractivity contribution in [1.29, 1.82) is 5.26 Å². The lowest BCUT2D eigenvalue weighted by atomic mass is 10.0. The molecular weight excluding hydrogens is 150 g/mol. The first kappa shape index (κ1) is 8.41. The summed E-state index contributed by atoms with van der Waals surface area (Å²) in [6.07, 6.45) is 0.322. The van der Waals surface area contributed by atoms with Gasteiger partial charge in [-0.25, -0.2) is 0 Å². The number of hydrogen-bond acceptors (Lipinski definition) is 3. The Morgan fingerprint density at radius 3 is 2.67 bits per heavy atom. The van der Waals surface area contributed by atoms with Crippen LogP contribution in [0.3, 0.4) is 0 Å². The van der Waals surface area contributed by atoms with Gasteiger partial charge < -0.3 is 11.5 Å². The average Bonchev–Trinajstić information content (AvgIpc) is 2.06. The third kappa shape index (κ3) is 1.32. The third-order valence-electron chi connectivity index (χ3n) is 1.88. The Balaban J connectivity index is 3.25. The maximum atomic E-state index is 8.51. The van der Waals surface area contributed by atoms with Crippen molar-refractivity contribution in [1.82, 2.24) is 0 Å². The summed E-state index contributed by atoms with van der Waals surface area (Å²) >= 11 is 0. The minimum absolute atomic E-state index is 0.322. The molecule has 62 valence electrons. The lowest BCUT2D eigenvalue weighted by Crippen LogP contribution is -2.01. The highest BCUT2D eigenvalue weighted by molar-refractivity contribution is 5.69. The van der Waals surface area contributed by atoms with E-state index in [1.807, 2.05) is 13.0 Å². The summed E-state index contributed by atoms with van der Waals surface area (Å²) in [5.74, 6) is 0. The number of nitrogens with two attached hydrogens (primary N) is 2. The number of nitrogens with zero attached hydrogens (tertiary/aromatic N) is 1. The molecule has 0 aliphatic carbocycles. The van der Waals surface area contributed by atoms with Crippen LogP contribution in [0.25, 0.3) is 0 Å². The summed E-state index contributed by atoms with van der Waals surface area (Å²) in [6, 6.07) is 5.69. The van der Waals surface area contributed by atoms with Gasteiger partial charge in [0.05, 0.1) is 23.9 Å². The highest BCUT2D eigenvalue weighted by atomic mass is 14.7. The molecule has 4 N–H and O–H groups in total.